The van der Waals surface area contributed by atoms with Crippen molar-refractivity contribution in [1.82, 2.24) is 14.9 Å². The summed E-state index contributed by atoms with van der Waals surface area (Å²) in [6, 6.07) is 11.5. The van der Waals surface area contributed by atoms with Crippen LogP contribution in [0.15, 0.2) is 52.2 Å². The number of oxazole rings is 1. The predicted molar refractivity (Wildman–Crippen MR) is 104 cm³/mol. The number of pyridine rings is 1. The van der Waals surface area contributed by atoms with Crippen LogP contribution in [0.5, 0.6) is 5.75 Å². The number of nitrogens with zero attached hydrogens (tertiary/aromatic N) is 3. The summed E-state index contributed by atoms with van der Waals surface area (Å²) in [5.74, 6) is 1.23. The van der Waals surface area contributed by atoms with Crippen molar-refractivity contribution in [2.24, 2.45) is 0 Å². The number of likely N-dealkylation sites (tertiary alicyclic amines) is 1. The molecule has 0 aliphatic carbocycles. The van der Waals surface area contributed by atoms with Gasteiger partial charge in [0.05, 0.1) is 11.9 Å². The van der Waals surface area contributed by atoms with E-state index >= 15 is 0 Å². The van der Waals surface area contributed by atoms with E-state index in [1.54, 1.807) is 6.20 Å². The van der Waals surface area contributed by atoms with E-state index in [2.05, 4.69) is 9.97 Å². The average molecular weight is 383 g/mol. The lowest BCUT2D eigenvalue weighted by Gasteiger charge is -2.32. The zero-order valence-electron chi connectivity index (χ0n) is 15.1. The molecule has 2 aromatic heterocycles. The molecular formula is C20H21N3O3S. The lowest BCUT2D eigenvalue weighted by molar-refractivity contribution is -0.130. The zero-order chi connectivity index (χ0) is 18.6. The van der Waals surface area contributed by atoms with Crippen molar-refractivity contribution in [2.75, 3.05) is 18.8 Å². The van der Waals surface area contributed by atoms with Crippen LogP contribution in [0.3, 0.4) is 0 Å². The summed E-state index contributed by atoms with van der Waals surface area (Å²) >= 11 is 1.34. The monoisotopic (exact) mass is 383 g/mol. The fourth-order valence-electron chi connectivity index (χ4n) is 3.07. The Morgan fingerprint density at radius 1 is 1.26 bits per heavy atom. The number of aromatic nitrogens is 2. The lowest BCUT2D eigenvalue weighted by atomic mass is 10.1. The van der Waals surface area contributed by atoms with Gasteiger partial charge in [-0.1, -0.05) is 23.9 Å². The third kappa shape index (κ3) is 4.42. The molecule has 27 heavy (non-hydrogen) atoms. The standard InChI is InChI=1S/C20H21N3O3S/c1-14-6-7-16(12-21-14)25-15-8-10-23(11-9-15)19(24)13-27-20-22-17-4-2-3-5-18(17)26-20/h2-7,12,15H,8-11,13H2,1H3. The molecule has 3 aromatic rings. The van der Waals surface area contributed by atoms with E-state index < -0.39 is 0 Å². The second kappa shape index (κ2) is 8.00. The predicted octanol–water partition coefficient (Wildman–Crippen LogP) is 3.69. The molecule has 1 aliphatic heterocycles. The number of fused-ring (bicyclic) bond motifs is 1. The van der Waals surface area contributed by atoms with Crippen LogP contribution in [0, 0.1) is 6.92 Å². The van der Waals surface area contributed by atoms with Gasteiger partial charge in [-0.25, -0.2) is 4.98 Å². The minimum atomic E-state index is 0.109. The third-order valence-corrected chi connectivity index (χ3v) is 5.39. The smallest absolute Gasteiger partial charge is 0.257 e. The van der Waals surface area contributed by atoms with Gasteiger partial charge >= 0.3 is 0 Å². The first kappa shape index (κ1) is 17.9. The zero-order valence-corrected chi connectivity index (χ0v) is 15.9. The largest absolute Gasteiger partial charge is 0.489 e. The van der Waals surface area contributed by atoms with Gasteiger partial charge in [-0.05, 0) is 31.2 Å². The van der Waals surface area contributed by atoms with Crippen LogP contribution < -0.4 is 4.74 Å². The summed E-state index contributed by atoms with van der Waals surface area (Å²) in [4.78, 5) is 23.0. The van der Waals surface area contributed by atoms with Crippen LogP contribution in [0.1, 0.15) is 18.5 Å². The van der Waals surface area contributed by atoms with Crippen LogP contribution in [0.25, 0.3) is 11.1 Å². The molecule has 1 saturated heterocycles. The number of para-hydroxylation sites is 2. The van der Waals surface area contributed by atoms with Crippen molar-refractivity contribution in [2.45, 2.75) is 31.1 Å². The van der Waals surface area contributed by atoms with Gasteiger partial charge < -0.3 is 14.1 Å². The Bertz CT molecular complexity index is 885. The number of carbonyl (C=O) groups is 1. The maximum atomic E-state index is 12.5. The third-order valence-electron chi connectivity index (χ3n) is 4.58. The molecule has 0 atom stereocenters. The number of rotatable bonds is 5. The van der Waals surface area contributed by atoms with Crippen LogP contribution >= 0.6 is 11.8 Å². The summed E-state index contributed by atoms with van der Waals surface area (Å²) in [6.07, 6.45) is 3.53. The summed E-state index contributed by atoms with van der Waals surface area (Å²) in [6.45, 7) is 3.36. The minimum Gasteiger partial charge on any atom is -0.489 e. The molecule has 0 radical (unpaired) electrons. The molecular weight excluding hydrogens is 362 g/mol. The molecule has 1 fully saturated rings. The lowest BCUT2D eigenvalue weighted by Crippen LogP contribution is -2.42. The van der Waals surface area contributed by atoms with Crippen LogP contribution in [0.2, 0.25) is 0 Å². The maximum Gasteiger partial charge on any atom is 0.257 e. The Kier molecular flexibility index (Phi) is 5.29. The first-order valence-corrected chi connectivity index (χ1v) is 10.0. The highest BCUT2D eigenvalue weighted by Crippen LogP contribution is 2.24. The van der Waals surface area contributed by atoms with Crippen molar-refractivity contribution < 1.29 is 13.9 Å². The quantitative estimate of drug-likeness (QED) is 0.626. The molecule has 4 rings (SSSR count). The highest BCUT2D eigenvalue weighted by Gasteiger charge is 2.24. The number of ether oxygens (including phenoxy) is 1. The van der Waals surface area contributed by atoms with Gasteiger partial charge in [-0.15, -0.1) is 0 Å². The summed E-state index contributed by atoms with van der Waals surface area (Å²) in [5.41, 5.74) is 2.53. The number of thioether (sulfide) groups is 1. The molecule has 0 bridgehead atoms. The van der Waals surface area contributed by atoms with Crippen molar-refractivity contribution >= 4 is 28.8 Å². The van der Waals surface area contributed by atoms with E-state index in [9.17, 15) is 4.79 Å². The van der Waals surface area contributed by atoms with E-state index in [1.807, 2.05) is 48.2 Å². The average Bonchev–Trinajstić information content (AvgIpc) is 3.11. The van der Waals surface area contributed by atoms with Gasteiger partial charge in [0.25, 0.3) is 5.22 Å². The Balaban J connectivity index is 1.25. The van der Waals surface area contributed by atoms with Gasteiger partial charge in [0.15, 0.2) is 5.58 Å². The fourth-order valence-corrected chi connectivity index (χ4v) is 3.81. The SMILES string of the molecule is Cc1ccc(OC2CCN(C(=O)CSc3nc4ccccc4o3)CC2)cn1. The Hall–Kier alpha value is -2.54. The van der Waals surface area contributed by atoms with Crippen molar-refractivity contribution in [3.63, 3.8) is 0 Å². The molecule has 0 saturated carbocycles. The van der Waals surface area contributed by atoms with Gasteiger partial charge in [0, 0.05) is 31.6 Å². The minimum absolute atomic E-state index is 0.109. The molecule has 1 aromatic carbocycles. The Morgan fingerprint density at radius 3 is 2.81 bits per heavy atom. The first-order chi connectivity index (χ1) is 13.2. The second-order valence-electron chi connectivity index (χ2n) is 6.57. The molecule has 7 heteroatoms. The van der Waals surface area contributed by atoms with E-state index in [0.29, 0.717) is 24.1 Å². The number of hydrogen-bond donors (Lipinski definition) is 0. The molecule has 3 heterocycles. The molecule has 1 aliphatic rings. The van der Waals surface area contributed by atoms with Gasteiger partial charge in [0.1, 0.15) is 17.4 Å². The number of hydrogen-bond acceptors (Lipinski definition) is 6. The van der Waals surface area contributed by atoms with Crippen molar-refractivity contribution in [3.05, 3.63) is 48.3 Å². The molecule has 0 N–H and O–H groups in total. The van der Waals surface area contributed by atoms with Gasteiger partial charge in [-0.2, -0.15) is 0 Å². The number of piperidine rings is 1. The van der Waals surface area contributed by atoms with Crippen LogP contribution in [-0.4, -0.2) is 45.7 Å². The van der Waals surface area contributed by atoms with Crippen LogP contribution in [-0.2, 0) is 4.79 Å². The summed E-state index contributed by atoms with van der Waals surface area (Å²) < 4.78 is 11.6. The summed E-state index contributed by atoms with van der Waals surface area (Å²) in [7, 11) is 0. The summed E-state index contributed by atoms with van der Waals surface area (Å²) in [5, 5.41) is 0.537. The van der Waals surface area contributed by atoms with E-state index in [-0.39, 0.29) is 12.0 Å². The fraction of sp³-hybridized carbons (Fsp3) is 0.350. The van der Waals surface area contributed by atoms with E-state index in [0.717, 1.165) is 35.4 Å². The Morgan fingerprint density at radius 2 is 2.07 bits per heavy atom. The molecule has 6 nitrogen and oxygen atoms in total. The molecule has 1 amide bonds. The number of aryl methyl sites for hydroxylation is 1. The highest BCUT2D eigenvalue weighted by atomic mass is 32.2. The Labute approximate surface area is 161 Å². The maximum absolute atomic E-state index is 12.5. The van der Waals surface area contributed by atoms with Gasteiger partial charge in [-0.3, -0.25) is 9.78 Å². The highest BCUT2D eigenvalue weighted by molar-refractivity contribution is 7.99. The number of carbonyl (C=O) groups excluding carboxylic acids is 1. The van der Waals surface area contributed by atoms with Crippen molar-refractivity contribution in [3.8, 4) is 5.75 Å². The van der Waals surface area contributed by atoms with Gasteiger partial charge in [0.2, 0.25) is 5.91 Å². The van der Waals surface area contributed by atoms with E-state index in [4.69, 9.17) is 9.15 Å². The normalized spacial score (nSPS) is 15.2. The molecule has 140 valence electrons. The first-order valence-electron chi connectivity index (χ1n) is 9.03. The molecule has 0 spiro atoms. The number of amides is 1. The second-order valence-corrected chi connectivity index (χ2v) is 7.50. The van der Waals surface area contributed by atoms with Crippen LogP contribution in [0.4, 0.5) is 0 Å². The van der Waals surface area contributed by atoms with E-state index in [1.165, 1.54) is 11.8 Å². The topological polar surface area (TPSA) is 68.5 Å². The van der Waals surface area contributed by atoms with Crippen molar-refractivity contribution in [1.29, 1.82) is 0 Å². The number of benzene rings is 1. The molecule has 0 unspecified atom stereocenters.